The van der Waals surface area contributed by atoms with Crippen LogP contribution in [0.4, 0.5) is 0 Å². The summed E-state index contributed by atoms with van der Waals surface area (Å²) in [5.74, 6) is 0.791. The second kappa shape index (κ2) is 8.93. The molecule has 2 nitrogen and oxygen atoms in total. The lowest BCUT2D eigenvalue weighted by Gasteiger charge is -2.24. The van der Waals surface area contributed by atoms with Crippen molar-refractivity contribution in [1.29, 1.82) is 0 Å². The van der Waals surface area contributed by atoms with Crippen molar-refractivity contribution in [1.82, 2.24) is 5.32 Å². The van der Waals surface area contributed by atoms with Crippen LogP contribution in [0.25, 0.3) is 0 Å². The molecule has 1 aliphatic rings. The second-order valence-corrected chi connectivity index (χ2v) is 5.63. The summed E-state index contributed by atoms with van der Waals surface area (Å²) in [6, 6.07) is 0.730. The molecule has 0 aromatic carbocycles. The first-order valence-electron chi connectivity index (χ1n) is 7.69. The normalized spacial score (nSPS) is 23.8. The van der Waals surface area contributed by atoms with Crippen molar-refractivity contribution in [2.45, 2.75) is 83.8 Å². The Kier molecular flexibility index (Phi) is 7.87. The molecule has 1 rings (SSSR count). The van der Waals surface area contributed by atoms with Crippen LogP contribution in [-0.4, -0.2) is 23.8 Å². The highest BCUT2D eigenvalue weighted by Crippen LogP contribution is 2.25. The first-order valence-corrected chi connectivity index (χ1v) is 7.69. The fourth-order valence-electron chi connectivity index (χ4n) is 3.02. The van der Waals surface area contributed by atoms with Crippen LogP contribution in [0.2, 0.25) is 0 Å². The number of nitrogens with one attached hydrogen (secondary N) is 1. The average molecular weight is 241 g/mol. The molecule has 1 fully saturated rings. The number of hydrogen-bond acceptors (Lipinski definition) is 2. The highest BCUT2D eigenvalue weighted by Gasteiger charge is 2.24. The zero-order chi connectivity index (χ0) is 12.5. The van der Waals surface area contributed by atoms with E-state index in [2.05, 4.69) is 19.2 Å². The van der Waals surface area contributed by atoms with Crippen molar-refractivity contribution >= 4 is 0 Å². The molecule has 0 amide bonds. The first-order chi connectivity index (χ1) is 8.27. The van der Waals surface area contributed by atoms with Gasteiger partial charge in [-0.15, -0.1) is 0 Å². The Morgan fingerprint density at radius 2 is 1.94 bits per heavy atom. The van der Waals surface area contributed by atoms with Gasteiger partial charge in [0.2, 0.25) is 0 Å². The van der Waals surface area contributed by atoms with E-state index in [-0.39, 0.29) is 6.10 Å². The van der Waals surface area contributed by atoms with E-state index in [0.29, 0.717) is 0 Å². The topological polar surface area (TPSA) is 32.3 Å². The quantitative estimate of drug-likeness (QED) is 0.647. The summed E-state index contributed by atoms with van der Waals surface area (Å²) in [4.78, 5) is 0. The molecule has 0 aromatic heterocycles. The minimum Gasteiger partial charge on any atom is -0.393 e. The van der Waals surface area contributed by atoms with E-state index in [1.807, 2.05) is 0 Å². The highest BCUT2D eigenvalue weighted by molar-refractivity contribution is 4.82. The molecule has 0 aliphatic carbocycles. The molecule has 102 valence electrons. The molecule has 3 atom stereocenters. The largest absolute Gasteiger partial charge is 0.393 e. The summed E-state index contributed by atoms with van der Waals surface area (Å²) in [6.45, 7) is 5.66. The molecule has 17 heavy (non-hydrogen) atoms. The molecule has 2 N–H and O–H groups in total. The summed E-state index contributed by atoms with van der Waals surface area (Å²) in [5.41, 5.74) is 0. The third-order valence-electron chi connectivity index (χ3n) is 4.09. The molecule has 0 radical (unpaired) electrons. The predicted octanol–water partition coefficient (Wildman–Crippen LogP) is 3.49. The van der Waals surface area contributed by atoms with E-state index in [1.54, 1.807) is 0 Å². The first kappa shape index (κ1) is 15.0. The Bertz CT molecular complexity index is 178. The standard InChI is InChI=1S/C15H31NO/c1-3-5-8-14(17)11-10-13(7-4-2)15-9-6-12-16-15/h13-17H,3-12H2,1-2H3/t13-,14+,15+/m1/s1. The Morgan fingerprint density at radius 1 is 1.12 bits per heavy atom. The number of unbranched alkanes of at least 4 members (excludes halogenated alkanes) is 1. The Hall–Kier alpha value is -0.0800. The second-order valence-electron chi connectivity index (χ2n) is 5.63. The molecule has 2 heteroatoms. The zero-order valence-electron chi connectivity index (χ0n) is 11.8. The van der Waals surface area contributed by atoms with Crippen molar-refractivity contribution in [2.75, 3.05) is 6.54 Å². The van der Waals surface area contributed by atoms with Gasteiger partial charge in [-0.1, -0.05) is 33.1 Å². The average Bonchev–Trinajstić information content (AvgIpc) is 2.85. The Morgan fingerprint density at radius 3 is 2.53 bits per heavy atom. The molecular formula is C15H31NO. The third kappa shape index (κ3) is 5.87. The van der Waals surface area contributed by atoms with Crippen molar-refractivity contribution < 1.29 is 5.11 Å². The van der Waals surface area contributed by atoms with E-state index in [1.165, 1.54) is 51.5 Å². The van der Waals surface area contributed by atoms with Gasteiger partial charge in [0.25, 0.3) is 0 Å². The maximum Gasteiger partial charge on any atom is 0.0540 e. The summed E-state index contributed by atoms with van der Waals surface area (Å²) in [6.07, 6.45) is 10.8. The van der Waals surface area contributed by atoms with Crippen LogP contribution in [0.5, 0.6) is 0 Å². The van der Waals surface area contributed by atoms with Gasteiger partial charge in [-0.3, -0.25) is 0 Å². The van der Waals surface area contributed by atoms with Crippen molar-refractivity contribution in [3.8, 4) is 0 Å². The van der Waals surface area contributed by atoms with Gasteiger partial charge in [0.1, 0.15) is 0 Å². The van der Waals surface area contributed by atoms with E-state index < -0.39 is 0 Å². The number of aliphatic hydroxyl groups is 1. The van der Waals surface area contributed by atoms with E-state index in [9.17, 15) is 5.11 Å². The molecule has 1 aliphatic heterocycles. The maximum atomic E-state index is 9.92. The molecule has 0 spiro atoms. The molecule has 1 heterocycles. The van der Waals surface area contributed by atoms with Gasteiger partial charge in [0, 0.05) is 6.04 Å². The third-order valence-corrected chi connectivity index (χ3v) is 4.09. The number of aliphatic hydroxyl groups excluding tert-OH is 1. The predicted molar refractivity (Wildman–Crippen MR) is 74.2 cm³/mol. The molecule has 0 unspecified atom stereocenters. The van der Waals surface area contributed by atoms with Crippen LogP contribution in [0.1, 0.15) is 71.6 Å². The number of hydrogen-bond donors (Lipinski definition) is 2. The number of rotatable bonds is 9. The van der Waals surface area contributed by atoms with Crippen molar-refractivity contribution in [3.63, 3.8) is 0 Å². The maximum absolute atomic E-state index is 9.92. The van der Waals surface area contributed by atoms with Gasteiger partial charge < -0.3 is 10.4 Å². The van der Waals surface area contributed by atoms with Crippen LogP contribution in [0.3, 0.4) is 0 Å². The van der Waals surface area contributed by atoms with Crippen LogP contribution < -0.4 is 5.32 Å². The fraction of sp³-hybridized carbons (Fsp3) is 1.00. The molecule has 0 aromatic rings. The lowest BCUT2D eigenvalue weighted by molar-refractivity contribution is 0.137. The monoisotopic (exact) mass is 241 g/mol. The van der Waals surface area contributed by atoms with Gasteiger partial charge in [-0.05, 0) is 51.0 Å². The van der Waals surface area contributed by atoms with Crippen molar-refractivity contribution in [3.05, 3.63) is 0 Å². The van der Waals surface area contributed by atoms with Crippen LogP contribution in [-0.2, 0) is 0 Å². The molecule has 1 saturated heterocycles. The minimum absolute atomic E-state index is 0.0595. The minimum atomic E-state index is -0.0595. The van der Waals surface area contributed by atoms with Gasteiger partial charge >= 0.3 is 0 Å². The van der Waals surface area contributed by atoms with E-state index in [4.69, 9.17) is 0 Å². The Labute approximate surface area is 107 Å². The lowest BCUT2D eigenvalue weighted by Crippen LogP contribution is -2.31. The Balaban J connectivity index is 2.23. The van der Waals surface area contributed by atoms with Gasteiger partial charge in [-0.25, -0.2) is 0 Å². The zero-order valence-corrected chi connectivity index (χ0v) is 11.8. The highest BCUT2D eigenvalue weighted by atomic mass is 16.3. The van der Waals surface area contributed by atoms with Gasteiger partial charge in [0.15, 0.2) is 0 Å². The molecule has 0 saturated carbocycles. The van der Waals surface area contributed by atoms with E-state index in [0.717, 1.165) is 24.8 Å². The lowest BCUT2D eigenvalue weighted by atomic mass is 9.88. The van der Waals surface area contributed by atoms with E-state index >= 15 is 0 Å². The van der Waals surface area contributed by atoms with Crippen LogP contribution >= 0.6 is 0 Å². The van der Waals surface area contributed by atoms with Crippen LogP contribution in [0.15, 0.2) is 0 Å². The summed E-state index contributed by atoms with van der Waals surface area (Å²) in [7, 11) is 0. The summed E-state index contributed by atoms with van der Waals surface area (Å²) >= 11 is 0. The molecule has 0 bridgehead atoms. The molecular weight excluding hydrogens is 210 g/mol. The van der Waals surface area contributed by atoms with Crippen LogP contribution in [0, 0.1) is 5.92 Å². The summed E-state index contributed by atoms with van der Waals surface area (Å²) in [5, 5.41) is 13.5. The van der Waals surface area contributed by atoms with Gasteiger partial charge in [-0.2, -0.15) is 0 Å². The fourth-order valence-corrected chi connectivity index (χ4v) is 3.02. The smallest absolute Gasteiger partial charge is 0.0540 e. The SMILES string of the molecule is CCCC[C@H](O)CC[C@@H](CCC)[C@@H]1CCCN1. The van der Waals surface area contributed by atoms with Crippen molar-refractivity contribution in [2.24, 2.45) is 5.92 Å². The van der Waals surface area contributed by atoms with Gasteiger partial charge in [0.05, 0.1) is 6.10 Å². The summed E-state index contributed by atoms with van der Waals surface area (Å²) < 4.78 is 0.